The Bertz CT molecular complexity index is 2220. The van der Waals surface area contributed by atoms with Crippen LogP contribution in [0.25, 0.3) is 6.08 Å². The van der Waals surface area contributed by atoms with Crippen LogP contribution in [0.5, 0.6) is 11.5 Å². The van der Waals surface area contributed by atoms with E-state index in [1.807, 2.05) is 67.6 Å². The maximum atomic E-state index is 14.1. The van der Waals surface area contributed by atoms with Crippen LogP contribution in [-0.2, 0) is 11.4 Å². The number of carbonyl (C=O) groups is 1. The molecule has 47 heavy (non-hydrogen) atoms. The van der Waals surface area contributed by atoms with Crippen LogP contribution < -0.4 is 29.7 Å². The van der Waals surface area contributed by atoms with Crippen molar-refractivity contribution in [3.63, 3.8) is 0 Å². The number of anilines is 1. The Morgan fingerprint density at radius 2 is 1.77 bits per heavy atom. The van der Waals surface area contributed by atoms with Crippen molar-refractivity contribution in [1.82, 2.24) is 4.57 Å². The number of carbonyl (C=O) groups excluding carboxylic acids is 1. The molecule has 234 valence electrons. The first-order valence-corrected chi connectivity index (χ1v) is 16.1. The van der Waals surface area contributed by atoms with Crippen LogP contribution in [0, 0.1) is 11.3 Å². The van der Waals surface area contributed by atoms with Crippen molar-refractivity contribution in [2.75, 3.05) is 11.9 Å². The molecule has 1 atom stereocenters. The maximum absolute atomic E-state index is 14.1. The summed E-state index contributed by atoms with van der Waals surface area (Å²) >= 11 is 7.46. The monoisotopic (exact) mass is 660 g/mol. The first kappa shape index (κ1) is 31.5. The second kappa shape index (κ2) is 13.9. The van der Waals surface area contributed by atoms with Crippen LogP contribution in [0.2, 0.25) is 5.02 Å². The highest BCUT2D eigenvalue weighted by Crippen LogP contribution is 2.32. The molecule has 1 N–H and O–H groups in total. The van der Waals surface area contributed by atoms with E-state index in [0.29, 0.717) is 55.0 Å². The van der Waals surface area contributed by atoms with Crippen molar-refractivity contribution in [2.45, 2.75) is 26.5 Å². The van der Waals surface area contributed by atoms with Gasteiger partial charge in [0.05, 0.1) is 40.1 Å². The SMILES string of the molecule is CCOc1cc(/C=c2/sc3n(c2=O)[C@@H](c2ccc(Cl)cc2)C(C(=O)Nc2ccccc2)=C(C)N=3)ccc1OCc1ccccc1C#N. The Hall–Kier alpha value is -5.43. The fourth-order valence-electron chi connectivity index (χ4n) is 5.36. The van der Waals surface area contributed by atoms with Gasteiger partial charge in [0.25, 0.3) is 11.5 Å². The number of fused-ring (bicyclic) bond motifs is 1. The molecule has 0 radical (unpaired) electrons. The van der Waals surface area contributed by atoms with Crippen molar-refractivity contribution in [1.29, 1.82) is 5.26 Å². The lowest BCUT2D eigenvalue weighted by Gasteiger charge is -2.25. The molecule has 0 saturated heterocycles. The van der Waals surface area contributed by atoms with Crippen molar-refractivity contribution >= 4 is 40.6 Å². The smallest absolute Gasteiger partial charge is 0.271 e. The van der Waals surface area contributed by atoms with Gasteiger partial charge in [-0.05, 0) is 73.5 Å². The second-order valence-corrected chi connectivity index (χ2v) is 12.1. The molecule has 0 fully saturated rings. The number of hydrogen-bond acceptors (Lipinski definition) is 7. The largest absolute Gasteiger partial charge is 0.490 e. The normalized spacial score (nSPS) is 14.2. The zero-order valence-electron chi connectivity index (χ0n) is 25.6. The summed E-state index contributed by atoms with van der Waals surface area (Å²) in [6.45, 7) is 4.27. The molecular formula is C37H29ClN4O4S. The fourth-order valence-corrected chi connectivity index (χ4v) is 6.53. The van der Waals surface area contributed by atoms with Crippen LogP contribution >= 0.6 is 22.9 Å². The third-order valence-electron chi connectivity index (χ3n) is 7.57. The lowest BCUT2D eigenvalue weighted by Crippen LogP contribution is -2.40. The van der Waals surface area contributed by atoms with E-state index < -0.39 is 6.04 Å². The summed E-state index contributed by atoms with van der Waals surface area (Å²) in [7, 11) is 0. The fraction of sp³-hybridized carbons (Fsp3) is 0.135. The molecule has 0 saturated carbocycles. The Balaban J connectivity index is 1.38. The molecule has 6 rings (SSSR count). The number of amides is 1. The molecule has 5 aromatic rings. The molecule has 2 heterocycles. The van der Waals surface area contributed by atoms with E-state index in [2.05, 4.69) is 11.4 Å². The van der Waals surface area contributed by atoms with Gasteiger partial charge in [-0.2, -0.15) is 5.26 Å². The summed E-state index contributed by atoms with van der Waals surface area (Å²) in [5.41, 5.74) is 4.01. The molecule has 0 unspecified atom stereocenters. The van der Waals surface area contributed by atoms with Gasteiger partial charge in [-0.25, -0.2) is 4.99 Å². The molecule has 0 spiro atoms. The third kappa shape index (κ3) is 6.75. The Labute approximate surface area is 280 Å². The first-order chi connectivity index (χ1) is 22.9. The van der Waals surface area contributed by atoms with Crippen molar-refractivity contribution in [2.24, 2.45) is 4.99 Å². The highest BCUT2D eigenvalue weighted by Gasteiger charge is 2.32. The Kier molecular flexibility index (Phi) is 9.34. The van der Waals surface area contributed by atoms with Crippen LogP contribution in [0.1, 0.15) is 42.1 Å². The van der Waals surface area contributed by atoms with Crippen LogP contribution in [0.3, 0.4) is 0 Å². The maximum Gasteiger partial charge on any atom is 0.271 e. The van der Waals surface area contributed by atoms with Gasteiger partial charge in [0.15, 0.2) is 16.3 Å². The number of allylic oxidation sites excluding steroid dienone is 1. The van der Waals surface area contributed by atoms with Gasteiger partial charge in [-0.1, -0.05) is 77.5 Å². The molecular weight excluding hydrogens is 632 g/mol. The number of aromatic nitrogens is 1. The number of para-hydroxylation sites is 1. The van der Waals surface area contributed by atoms with Crippen molar-refractivity contribution < 1.29 is 14.3 Å². The van der Waals surface area contributed by atoms with E-state index in [-0.39, 0.29) is 18.1 Å². The molecule has 0 bridgehead atoms. The summed E-state index contributed by atoms with van der Waals surface area (Å²) in [5, 5.41) is 12.9. The summed E-state index contributed by atoms with van der Waals surface area (Å²) < 4.78 is 14.0. The molecule has 4 aromatic carbocycles. The average Bonchev–Trinajstić information content (AvgIpc) is 3.38. The Morgan fingerprint density at radius 1 is 1.02 bits per heavy atom. The van der Waals surface area contributed by atoms with Crippen LogP contribution in [0.15, 0.2) is 118 Å². The van der Waals surface area contributed by atoms with E-state index in [9.17, 15) is 14.9 Å². The van der Waals surface area contributed by atoms with Gasteiger partial charge in [0.2, 0.25) is 0 Å². The van der Waals surface area contributed by atoms with E-state index in [1.165, 1.54) is 11.3 Å². The number of benzene rings is 4. The number of nitrogens with zero attached hydrogens (tertiary/aromatic N) is 3. The zero-order valence-corrected chi connectivity index (χ0v) is 27.1. The van der Waals surface area contributed by atoms with Gasteiger partial charge in [-0.3, -0.25) is 14.2 Å². The second-order valence-electron chi connectivity index (χ2n) is 10.7. The van der Waals surface area contributed by atoms with Gasteiger partial charge < -0.3 is 14.8 Å². The lowest BCUT2D eigenvalue weighted by molar-refractivity contribution is -0.113. The Morgan fingerprint density at radius 3 is 2.51 bits per heavy atom. The number of nitriles is 1. The predicted octanol–water partition coefficient (Wildman–Crippen LogP) is 6.38. The summed E-state index contributed by atoms with van der Waals surface area (Å²) in [4.78, 5) is 33.1. The predicted molar refractivity (Wildman–Crippen MR) is 183 cm³/mol. The molecule has 1 aliphatic rings. The van der Waals surface area contributed by atoms with Gasteiger partial charge in [0.1, 0.15) is 6.61 Å². The van der Waals surface area contributed by atoms with Crippen LogP contribution in [0.4, 0.5) is 5.69 Å². The molecule has 8 nitrogen and oxygen atoms in total. The number of hydrogen-bond donors (Lipinski definition) is 1. The van der Waals surface area contributed by atoms with Gasteiger partial charge >= 0.3 is 0 Å². The number of nitrogens with one attached hydrogen (secondary N) is 1. The minimum absolute atomic E-state index is 0.200. The van der Waals surface area contributed by atoms with Crippen molar-refractivity contribution in [3.05, 3.63) is 155 Å². The summed E-state index contributed by atoms with van der Waals surface area (Å²) in [6.07, 6.45) is 1.78. The van der Waals surface area contributed by atoms with E-state index in [1.54, 1.807) is 54.0 Å². The quantitative estimate of drug-likeness (QED) is 0.198. The highest BCUT2D eigenvalue weighted by molar-refractivity contribution is 7.07. The number of halogens is 1. The summed E-state index contributed by atoms with van der Waals surface area (Å²) in [6, 6.07) is 30.5. The van der Waals surface area contributed by atoms with Crippen molar-refractivity contribution in [3.8, 4) is 17.6 Å². The van der Waals surface area contributed by atoms with E-state index in [0.717, 1.165) is 16.7 Å². The standard InChI is InChI=1S/C37H29ClN4O4S/c1-3-45-31-19-24(13-18-30(31)46-22-27-10-8-7-9-26(27)21-39)20-32-36(44)42-34(25-14-16-28(38)17-15-25)33(23(2)40-37(42)47-32)35(43)41-29-11-5-4-6-12-29/h4-20,34H,3,22H2,1-2H3,(H,41,43)/b32-20+/t34-/m0/s1. The highest BCUT2D eigenvalue weighted by atomic mass is 35.5. The molecule has 1 aliphatic heterocycles. The number of thiazole rings is 1. The summed E-state index contributed by atoms with van der Waals surface area (Å²) in [5.74, 6) is 0.685. The molecule has 0 aliphatic carbocycles. The van der Waals surface area contributed by atoms with E-state index in [4.69, 9.17) is 26.1 Å². The molecule has 10 heteroatoms. The van der Waals surface area contributed by atoms with Crippen LogP contribution in [-0.4, -0.2) is 17.1 Å². The number of rotatable bonds is 9. The topological polar surface area (TPSA) is 106 Å². The van der Waals surface area contributed by atoms with E-state index >= 15 is 0 Å². The lowest BCUT2D eigenvalue weighted by atomic mass is 9.95. The van der Waals surface area contributed by atoms with Gasteiger partial charge in [0, 0.05) is 16.3 Å². The minimum atomic E-state index is -0.722. The average molecular weight is 661 g/mol. The minimum Gasteiger partial charge on any atom is -0.490 e. The van der Waals surface area contributed by atoms with Gasteiger partial charge in [-0.15, -0.1) is 0 Å². The molecule has 1 amide bonds. The zero-order chi connectivity index (χ0) is 32.9. The number of ether oxygens (including phenoxy) is 2. The first-order valence-electron chi connectivity index (χ1n) is 14.9. The molecule has 1 aromatic heterocycles. The third-order valence-corrected chi connectivity index (χ3v) is 8.80.